The molecular formula is C17H16N4O2. The Balaban J connectivity index is 1.76. The lowest BCUT2D eigenvalue weighted by atomic mass is 10.2. The van der Waals surface area contributed by atoms with Crippen molar-refractivity contribution in [1.29, 1.82) is 0 Å². The smallest absolute Gasteiger partial charge is 0.291 e. The Bertz CT molecular complexity index is 828. The number of nitrogens with two attached hydrogens (primary N) is 2. The molecule has 0 aliphatic carbocycles. The summed E-state index contributed by atoms with van der Waals surface area (Å²) in [6.07, 6.45) is 1.46. The van der Waals surface area contributed by atoms with Crippen LogP contribution in [0.15, 0.2) is 65.3 Å². The van der Waals surface area contributed by atoms with Crippen LogP contribution < -0.4 is 22.1 Å². The highest BCUT2D eigenvalue weighted by Crippen LogP contribution is 2.26. The summed E-state index contributed by atoms with van der Waals surface area (Å²) in [4.78, 5) is 12.0. The summed E-state index contributed by atoms with van der Waals surface area (Å²) in [6.45, 7) is 0. The minimum Gasteiger partial charge on any atom is -0.459 e. The van der Waals surface area contributed by atoms with E-state index in [9.17, 15) is 4.79 Å². The number of carbonyl (C=O) groups excluding carboxylic acids is 1. The lowest BCUT2D eigenvalue weighted by Gasteiger charge is -2.11. The molecule has 0 aliphatic heterocycles. The molecule has 116 valence electrons. The van der Waals surface area contributed by atoms with Crippen molar-refractivity contribution in [2.75, 3.05) is 22.1 Å². The number of anilines is 5. The van der Waals surface area contributed by atoms with E-state index < -0.39 is 0 Å². The summed E-state index contributed by atoms with van der Waals surface area (Å²) in [6, 6.07) is 15.8. The Kier molecular flexibility index (Phi) is 3.88. The van der Waals surface area contributed by atoms with Gasteiger partial charge in [0.25, 0.3) is 5.91 Å². The molecule has 1 aromatic heterocycles. The zero-order chi connectivity index (χ0) is 16.2. The van der Waals surface area contributed by atoms with E-state index in [2.05, 4.69) is 10.6 Å². The van der Waals surface area contributed by atoms with Crippen molar-refractivity contribution in [3.8, 4) is 0 Å². The van der Waals surface area contributed by atoms with Crippen LogP contribution in [0.3, 0.4) is 0 Å². The number of hydrogen-bond donors (Lipinski definition) is 4. The van der Waals surface area contributed by atoms with Gasteiger partial charge in [-0.3, -0.25) is 4.79 Å². The number of nitrogen functional groups attached to an aromatic ring is 2. The molecule has 3 aromatic rings. The quantitative estimate of drug-likeness (QED) is 0.552. The number of nitrogens with one attached hydrogen (secondary N) is 2. The summed E-state index contributed by atoms with van der Waals surface area (Å²) in [5.74, 6) is -0.0507. The van der Waals surface area contributed by atoms with Crippen molar-refractivity contribution in [1.82, 2.24) is 0 Å². The van der Waals surface area contributed by atoms with Crippen LogP contribution in [0, 0.1) is 0 Å². The maximum Gasteiger partial charge on any atom is 0.291 e. The van der Waals surface area contributed by atoms with E-state index >= 15 is 0 Å². The van der Waals surface area contributed by atoms with Crippen molar-refractivity contribution in [3.63, 3.8) is 0 Å². The topological polar surface area (TPSA) is 106 Å². The summed E-state index contributed by atoms with van der Waals surface area (Å²) < 4.78 is 5.06. The van der Waals surface area contributed by atoms with Gasteiger partial charge in [-0.15, -0.1) is 0 Å². The van der Waals surface area contributed by atoms with E-state index in [4.69, 9.17) is 15.9 Å². The standard InChI is InChI=1S/C17H16N4O2/c18-11-6-7-15(14(19)9-11)20-12-3-1-4-13(10-12)21-17(22)16-5-2-8-23-16/h1-10,20H,18-19H2,(H,21,22). The molecule has 0 atom stereocenters. The first-order valence-corrected chi connectivity index (χ1v) is 6.99. The zero-order valence-electron chi connectivity index (χ0n) is 12.2. The molecule has 1 amide bonds. The van der Waals surface area contributed by atoms with Gasteiger partial charge in [-0.05, 0) is 48.5 Å². The average Bonchev–Trinajstić information content (AvgIpc) is 3.05. The first kappa shape index (κ1) is 14.5. The molecule has 1 heterocycles. The molecule has 6 heteroatoms. The monoisotopic (exact) mass is 308 g/mol. The summed E-state index contributed by atoms with van der Waals surface area (Å²) >= 11 is 0. The number of amides is 1. The Morgan fingerprint density at radius 2 is 1.78 bits per heavy atom. The number of hydrogen-bond acceptors (Lipinski definition) is 5. The fourth-order valence-electron chi connectivity index (χ4n) is 2.13. The number of carbonyl (C=O) groups is 1. The molecule has 3 rings (SSSR count). The van der Waals surface area contributed by atoms with E-state index in [1.54, 1.807) is 42.5 Å². The minimum absolute atomic E-state index is 0.256. The molecule has 2 aromatic carbocycles. The van der Waals surface area contributed by atoms with Crippen molar-refractivity contribution < 1.29 is 9.21 Å². The van der Waals surface area contributed by atoms with Crippen molar-refractivity contribution >= 4 is 34.3 Å². The molecule has 0 spiro atoms. The Labute approximate surface area is 133 Å². The van der Waals surface area contributed by atoms with Crippen molar-refractivity contribution in [2.45, 2.75) is 0 Å². The predicted octanol–water partition coefficient (Wildman–Crippen LogP) is 3.44. The predicted molar refractivity (Wildman–Crippen MR) is 91.7 cm³/mol. The van der Waals surface area contributed by atoms with Crippen molar-refractivity contribution in [3.05, 3.63) is 66.6 Å². The molecule has 0 aliphatic rings. The van der Waals surface area contributed by atoms with Gasteiger partial charge in [-0.25, -0.2) is 0 Å². The van der Waals surface area contributed by atoms with Gasteiger partial charge < -0.3 is 26.5 Å². The number of furan rings is 1. The number of benzene rings is 2. The Hall–Kier alpha value is -3.41. The Morgan fingerprint density at radius 3 is 2.52 bits per heavy atom. The molecule has 0 unspecified atom stereocenters. The van der Waals surface area contributed by atoms with E-state index in [1.165, 1.54) is 6.26 Å². The third-order valence-electron chi connectivity index (χ3n) is 3.22. The van der Waals surface area contributed by atoms with Gasteiger partial charge in [0, 0.05) is 17.1 Å². The normalized spacial score (nSPS) is 10.3. The van der Waals surface area contributed by atoms with Gasteiger partial charge >= 0.3 is 0 Å². The fourth-order valence-corrected chi connectivity index (χ4v) is 2.13. The molecule has 23 heavy (non-hydrogen) atoms. The highest BCUT2D eigenvalue weighted by Gasteiger charge is 2.09. The molecule has 0 radical (unpaired) electrons. The lowest BCUT2D eigenvalue weighted by molar-refractivity contribution is 0.0996. The average molecular weight is 308 g/mol. The van der Waals surface area contributed by atoms with E-state index in [0.29, 0.717) is 17.1 Å². The van der Waals surface area contributed by atoms with E-state index in [-0.39, 0.29) is 11.7 Å². The maximum atomic E-state index is 12.0. The summed E-state index contributed by atoms with van der Waals surface area (Å²) in [5, 5.41) is 5.96. The van der Waals surface area contributed by atoms with Crippen LogP contribution in [0.2, 0.25) is 0 Å². The van der Waals surface area contributed by atoms with Gasteiger partial charge in [0.15, 0.2) is 5.76 Å². The van der Waals surface area contributed by atoms with Crippen LogP contribution in [0.25, 0.3) is 0 Å². The maximum absolute atomic E-state index is 12.0. The SMILES string of the molecule is Nc1ccc(Nc2cccc(NC(=O)c3ccco3)c2)c(N)c1. The molecular weight excluding hydrogens is 292 g/mol. The second-order valence-corrected chi connectivity index (χ2v) is 4.98. The molecule has 0 saturated carbocycles. The second kappa shape index (κ2) is 6.15. The van der Waals surface area contributed by atoms with Crippen LogP contribution in [0.1, 0.15) is 10.6 Å². The number of rotatable bonds is 4. The van der Waals surface area contributed by atoms with Crippen LogP contribution in [0.5, 0.6) is 0 Å². The molecule has 0 fully saturated rings. The highest BCUT2D eigenvalue weighted by molar-refractivity contribution is 6.02. The van der Waals surface area contributed by atoms with Gasteiger partial charge in [-0.1, -0.05) is 6.07 Å². The van der Waals surface area contributed by atoms with Crippen LogP contribution in [-0.2, 0) is 0 Å². The second-order valence-electron chi connectivity index (χ2n) is 4.98. The fraction of sp³-hybridized carbons (Fsp3) is 0. The molecule has 6 N–H and O–H groups in total. The van der Waals surface area contributed by atoms with E-state index in [0.717, 1.165) is 11.4 Å². The van der Waals surface area contributed by atoms with Gasteiger partial charge in [0.2, 0.25) is 0 Å². The first-order valence-electron chi connectivity index (χ1n) is 6.99. The third-order valence-corrected chi connectivity index (χ3v) is 3.22. The lowest BCUT2D eigenvalue weighted by Crippen LogP contribution is -2.10. The van der Waals surface area contributed by atoms with E-state index in [1.807, 2.05) is 12.1 Å². The van der Waals surface area contributed by atoms with Gasteiger partial charge in [0.1, 0.15) is 0 Å². The molecule has 6 nitrogen and oxygen atoms in total. The van der Waals surface area contributed by atoms with Crippen LogP contribution >= 0.6 is 0 Å². The first-order chi connectivity index (χ1) is 11.1. The zero-order valence-corrected chi connectivity index (χ0v) is 12.2. The summed E-state index contributed by atoms with van der Waals surface area (Å²) in [7, 11) is 0. The van der Waals surface area contributed by atoms with Gasteiger partial charge in [-0.2, -0.15) is 0 Å². The highest BCUT2D eigenvalue weighted by atomic mass is 16.3. The van der Waals surface area contributed by atoms with Gasteiger partial charge in [0.05, 0.1) is 17.6 Å². The summed E-state index contributed by atoms with van der Waals surface area (Å²) in [5.41, 5.74) is 14.9. The minimum atomic E-state index is -0.306. The molecule has 0 saturated heterocycles. The van der Waals surface area contributed by atoms with Crippen molar-refractivity contribution in [2.24, 2.45) is 0 Å². The van der Waals surface area contributed by atoms with Crippen LogP contribution in [-0.4, -0.2) is 5.91 Å². The molecule has 0 bridgehead atoms. The third kappa shape index (κ3) is 3.44. The van der Waals surface area contributed by atoms with Crippen LogP contribution in [0.4, 0.5) is 28.4 Å². The largest absolute Gasteiger partial charge is 0.459 e. The Morgan fingerprint density at radius 1 is 0.957 bits per heavy atom.